The van der Waals surface area contributed by atoms with Crippen LogP contribution in [0.3, 0.4) is 0 Å². The van der Waals surface area contributed by atoms with Gasteiger partial charge in [-0.05, 0) is 37.6 Å². The molecule has 1 unspecified atom stereocenters. The lowest BCUT2D eigenvalue weighted by Crippen LogP contribution is -2.41. The number of hydrogen-bond donors (Lipinski definition) is 1. The molecular weight excluding hydrogens is 308 g/mol. The van der Waals surface area contributed by atoms with E-state index < -0.39 is 5.60 Å². The highest BCUT2D eigenvalue weighted by Crippen LogP contribution is 2.20. The molecule has 1 heterocycles. The number of benzene rings is 1. The lowest BCUT2D eigenvalue weighted by atomic mass is 10.0. The fourth-order valence-electron chi connectivity index (χ4n) is 2.41. The first-order valence-corrected chi connectivity index (χ1v) is 8.47. The number of morpholine rings is 1. The Bertz CT molecular complexity index is 508. The fourth-order valence-corrected chi connectivity index (χ4v) is 2.41. The zero-order valence-corrected chi connectivity index (χ0v) is 14.8. The van der Waals surface area contributed by atoms with Gasteiger partial charge in [-0.2, -0.15) is 0 Å². The van der Waals surface area contributed by atoms with E-state index in [1.165, 1.54) is 0 Å². The number of nitrogens with zero attached hydrogens (tertiary/aromatic N) is 1. The Morgan fingerprint density at radius 1 is 1.29 bits per heavy atom. The molecule has 1 atom stereocenters. The average molecular weight is 336 g/mol. The molecule has 0 bridgehead atoms. The molecule has 6 heteroatoms. The third-order valence-corrected chi connectivity index (χ3v) is 4.50. The highest BCUT2D eigenvalue weighted by atomic mass is 16.5. The first-order chi connectivity index (χ1) is 11.6. The molecule has 0 aromatic heterocycles. The standard InChI is InChI=1S/C18H28N2O4/c1-4-18(2,22-3)17(21)19-15-5-7-16(8-6-15)24-14-11-20-9-12-23-13-10-20/h5-8H,4,9-14H2,1-3H3,(H,19,21). The van der Waals surface area contributed by atoms with E-state index in [1.54, 1.807) is 14.0 Å². The van der Waals surface area contributed by atoms with E-state index in [-0.39, 0.29) is 5.91 Å². The van der Waals surface area contributed by atoms with Crippen molar-refractivity contribution in [2.75, 3.05) is 51.9 Å². The molecule has 2 rings (SSSR count). The molecule has 24 heavy (non-hydrogen) atoms. The maximum absolute atomic E-state index is 12.2. The fraction of sp³-hybridized carbons (Fsp3) is 0.611. The van der Waals surface area contributed by atoms with Crippen molar-refractivity contribution in [3.05, 3.63) is 24.3 Å². The summed E-state index contributed by atoms with van der Waals surface area (Å²) in [6.45, 7) is 8.76. The van der Waals surface area contributed by atoms with Crippen LogP contribution in [-0.2, 0) is 14.3 Å². The van der Waals surface area contributed by atoms with Crippen LogP contribution in [0.4, 0.5) is 5.69 Å². The summed E-state index contributed by atoms with van der Waals surface area (Å²) < 4.78 is 16.4. The smallest absolute Gasteiger partial charge is 0.256 e. The number of amides is 1. The van der Waals surface area contributed by atoms with Crippen LogP contribution in [0.2, 0.25) is 0 Å². The van der Waals surface area contributed by atoms with Crippen LogP contribution in [0.5, 0.6) is 5.75 Å². The minimum absolute atomic E-state index is 0.145. The number of anilines is 1. The van der Waals surface area contributed by atoms with Crippen LogP contribution < -0.4 is 10.1 Å². The molecule has 1 aliphatic heterocycles. The quantitative estimate of drug-likeness (QED) is 0.788. The van der Waals surface area contributed by atoms with Crippen LogP contribution in [0, 0.1) is 0 Å². The summed E-state index contributed by atoms with van der Waals surface area (Å²) in [4.78, 5) is 14.6. The summed E-state index contributed by atoms with van der Waals surface area (Å²) in [5.41, 5.74) is -0.0786. The Morgan fingerprint density at radius 3 is 2.54 bits per heavy atom. The monoisotopic (exact) mass is 336 g/mol. The van der Waals surface area contributed by atoms with E-state index in [0.29, 0.717) is 13.0 Å². The number of nitrogens with one attached hydrogen (secondary N) is 1. The predicted octanol–water partition coefficient (Wildman–Crippen LogP) is 2.15. The number of rotatable bonds is 8. The molecule has 0 spiro atoms. The van der Waals surface area contributed by atoms with Crippen molar-refractivity contribution >= 4 is 11.6 Å². The topological polar surface area (TPSA) is 60.0 Å². The van der Waals surface area contributed by atoms with Gasteiger partial charge in [-0.1, -0.05) is 6.92 Å². The second-order valence-corrected chi connectivity index (χ2v) is 6.07. The summed E-state index contributed by atoms with van der Waals surface area (Å²) >= 11 is 0. The van der Waals surface area contributed by atoms with Gasteiger partial charge in [0.15, 0.2) is 0 Å². The largest absolute Gasteiger partial charge is 0.492 e. The summed E-state index contributed by atoms with van der Waals surface area (Å²) in [6.07, 6.45) is 0.609. The molecule has 0 radical (unpaired) electrons. The molecule has 1 saturated heterocycles. The van der Waals surface area contributed by atoms with Crippen molar-refractivity contribution in [1.29, 1.82) is 0 Å². The van der Waals surface area contributed by atoms with E-state index in [1.807, 2.05) is 31.2 Å². The Morgan fingerprint density at radius 2 is 1.96 bits per heavy atom. The predicted molar refractivity (Wildman–Crippen MR) is 93.5 cm³/mol. The van der Waals surface area contributed by atoms with E-state index in [2.05, 4.69) is 10.2 Å². The van der Waals surface area contributed by atoms with Crippen molar-refractivity contribution < 1.29 is 19.0 Å². The van der Waals surface area contributed by atoms with Gasteiger partial charge in [-0.15, -0.1) is 0 Å². The molecule has 1 fully saturated rings. The van der Waals surface area contributed by atoms with Crippen LogP contribution >= 0.6 is 0 Å². The lowest BCUT2D eigenvalue weighted by Gasteiger charge is -2.26. The van der Waals surface area contributed by atoms with Crippen molar-refractivity contribution in [3.8, 4) is 5.75 Å². The van der Waals surface area contributed by atoms with E-state index >= 15 is 0 Å². The molecule has 0 saturated carbocycles. The minimum atomic E-state index is -0.812. The third-order valence-electron chi connectivity index (χ3n) is 4.50. The lowest BCUT2D eigenvalue weighted by molar-refractivity contribution is -0.136. The van der Waals surface area contributed by atoms with Gasteiger partial charge >= 0.3 is 0 Å². The van der Waals surface area contributed by atoms with E-state index in [0.717, 1.165) is 44.3 Å². The van der Waals surface area contributed by atoms with Crippen molar-refractivity contribution in [1.82, 2.24) is 4.90 Å². The molecule has 134 valence electrons. The molecule has 1 aliphatic rings. The van der Waals surface area contributed by atoms with Gasteiger partial charge in [0.1, 0.15) is 18.0 Å². The molecule has 1 aromatic carbocycles. The number of hydrogen-bond acceptors (Lipinski definition) is 5. The summed E-state index contributed by atoms with van der Waals surface area (Å²) in [7, 11) is 1.55. The summed E-state index contributed by atoms with van der Waals surface area (Å²) in [6, 6.07) is 7.41. The van der Waals surface area contributed by atoms with Crippen LogP contribution in [0.15, 0.2) is 24.3 Å². The number of ether oxygens (including phenoxy) is 3. The molecule has 1 amide bonds. The Balaban J connectivity index is 1.78. The van der Waals surface area contributed by atoms with Gasteiger partial charge in [-0.3, -0.25) is 9.69 Å². The second kappa shape index (κ2) is 9.01. The second-order valence-electron chi connectivity index (χ2n) is 6.07. The first-order valence-electron chi connectivity index (χ1n) is 8.47. The zero-order valence-electron chi connectivity index (χ0n) is 14.8. The van der Waals surface area contributed by atoms with Gasteiger partial charge in [0.05, 0.1) is 13.2 Å². The maximum Gasteiger partial charge on any atom is 0.256 e. The summed E-state index contributed by atoms with van der Waals surface area (Å²) in [5.74, 6) is 0.653. The van der Waals surface area contributed by atoms with Crippen LogP contribution in [0.1, 0.15) is 20.3 Å². The van der Waals surface area contributed by atoms with E-state index in [9.17, 15) is 4.79 Å². The first kappa shape index (κ1) is 18.7. The normalized spacial score (nSPS) is 18.0. The van der Waals surface area contributed by atoms with Crippen molar-refractivity contribution in [2.24, 2.45) is 0 Å². The van der Waals surface area contributed by atoms with Gasteiger partial charge in [0.2, 0.25) is 0 Å². The van der Waals surface area contributed by atoms with Gasteiger partial charge in [-0.25, -0.2) is 0 Å². The maximum atomic E-state index is 12.2. The van der Waals surface area contributed by atoms with Gasteiger partial charge in [0.25, 0.3) is 5.91 Å². The van der Waals surface area contributed by atoms with Crippen molar-refractivity contribution in [3.63, 3.8) is 0 Å². The molecule has 6 nitrogen and oxygen atoms in total. The van der Waals surface area contributed by atoms with Crippen molar-refractivity contribution in [2.45, 2.75) is 25.9 Å². The van der Waals surface area contributed by atoms with Crippen LogP contribution in [0.25, 0.3) is 0 Å². The average Bonchev–Trinajstić information content (AvgIpc) is 2.63. The highest BCUT2D eigenvalue weighted by Gasteiger charge is 2.30. The SMILES string of the molecule is CCC(C)(OC)C(=O)Nc1ccc(OCCN2CCOCC2)cc1. The third kappa shape index (κ3) is 5.19. The number of carbonyl (C=O) groups is 1. The Kier molecular flexibility index (Phi) is 7.02. The van der Waals surface area contributed by atoms with Gasteiger partial charge in [0, 0.05) is 32.4 Å². The molecule has 0 aliphatic carbocycles. The highest BCUT2D eigenvalue weighted by molar-refractivity contribution is 5.97. The molecule has 1 aromatic rings. The molecule has 1 N–H and O–H groups in total. The molecular formula is C18H28N2O4. The summed E-state index contributed by atoms with van der Waals surface area (Å²) in [5, 5.41) is 2.88. The van der Waals surface area contributed by atoms with Gasteiger partial charge < -0.3 is 19.5 Å². The van der Waals surface area contributed by atoms with E-state index in [4.69, 9.17) is 14.2 Å². The Hall–Kier alpha value is -1.63. The Labute approximate surface area is 144 Å². The number of methoxy groups -OCH3 is 1. The zero-order chi connectivity index (χ0) is 17.4. The number of carbonyl (C=O) groups excluding carboxylic acids is 1. The minimum Gasteiger partial charge on any atom is -0.492 e. The van der Waals surface area contributed by atoms with Crippen LogP contribution in [-0.4, -0.2) is 63.0 Å².